The van der Waals surface area contributed by atoms with Gasteiger partial charge in [0.2, 0.25) is 0 Å². The number of hydrazine groups is 1. The number of ether oxygens (including phenoxy) is 1. The van der Waals surface area contributed by atoms with E-state index in [2.05, 4.69) is 37.5 Å². The van der Waals surface area contributed by atoms with Gasteiger partial charge < -0.3 is 4.74 Å². The molecular weight excluding hydrogens is 272 g/mol. The van der Waals surface area contributed by atoms with Crippen molar-refractivity contribution in [3.05, 3.63) is 63.7 Å². The topological polar surface area (TPSA) is 47.3 Å². The van der Waals surface area contributed by atoms with Gasteiger partial charge in [-0.05, 0) is 37.6 Å². The lowest BCUT2D eigenvalue weighted by Gasteiger charge is -2.21. The molecule has 0 aliphatic heterocycles. The first-order chi connectivity index (χ1) is 9.55. The van der Waals surface area contributed by atoms with Crippen LogP contribution in [0.5, 0.6) is 5.75 Å². The van der Waals surface area contributed by atoms with E-state index in [9.17, 15) is 0 Å². The molecule has 3 N–H and O–H groups in total. The summed E-state index contributed by atoms with van der Waals surface area (Å²) in [5, 5.41) is 0.658. The van der Waals surface area contributed by atoms with Crippen molar-refractivity contribution in [2.45, 2.75) is 19.9 Å². The maximum atomic E-state index is 6.10. The summed E-state index contributed by atoms with van der Waals surface area (Å²) in [6, 6.07) is 11.7. The molecule has 0 saturated carbocycles. The number of hydrogen-bond acceptors (Lipinski definition) is 3. The Morgan fingerprint density at radius 3 is 2.30 bits per heavy atom. The van der Waals surface area contributed by atoms with Gasteiger partial charge in [-0.2, -0.15) is 0 Å². The fourth-order valence-corrected chi connectivity index (χ4v) is 2.65. The molecule has 0 aliphatic carbocycles. The molecule has 106 valence electrons. The number of benzene rings is 2. The van der Waals surface area contributed by atoms with Crippen molar-refractivity contribution in [1.82, 2.24) is 5.43 Å². The fraction of sp³-hybridized carbons (Fsp3) is 0.250. The third-order valence-corrected chi connectivity index (χ3v) is 3.48. The third-order valence-electron chi connectivity index (χ3n) is 3.25. The van der Waals surface area contributed by atoms with E-state index in [1.165, 1.54) is 11.1 Å². The van der Waals surface area contributed by atoms with Crippen LogP contribution in [-0.2, 0) is 0 Å². The van der Waals surface area contributed by atoms with Crippen LogP contribution in [0.4, 0.5) is 0 Å². The molecule has 1 unspecified atom stereocenters. The van der Waals surface area contributed by atoms with E-state index >= 15 is 0 Å². The van der Waals surface area contributed by atoms with Crippen molar-refractivity contribution in [2.75, 3.05) is 7.11 Å². The predicted molar refractivity (Wildman–Crippen MR) is 83.1 cm³/mol. The van der Waals surface area contributed by atoms with Gasteiger partial charge in [0, 0.05) is 10.6 Å². The molecule has 3 nitrogen and oxygen atoms in total. The molecule has 0 bridgehead atoms. The van der Waals surface area contributed by atoms with Gasteiger partial charge in [0.25, 0.3) is 0 Å². The Bertz CT molecular complexity index is 593. The SMILES string of the molecule is COc1ccc(Cl)cc1C(NN)c1cc(C)cc(C)c1. The first kappa shape index (κ1) is 14.9. The maximum Gasteiger partial charge on any atom is 0.124 e. The highest BCUT2D eigenvalue weighted by Crippen LogP contribution is 2.32. The van der Waals surface area contributed by atoms with E-state index in [4.69, 9.17) is 22.2 Å². The number of aryl methyl sites for hydroxylation is 2. The second kappa shape index (κ2) is 6.27. The summed E-state index contributed by atoms with van der Waals surface area (Å²) in [6.07, 6.45) is 0. The maximum absolute atomic E-state index is 6.10. The number of nitrogens with one attached hydrogen (secondary N) is 1. The summed E-state index contributed by atoms with van der Waals surface area (Å²) in [6.45, 7) is 4.14. The Balaban J connectivity index is 2.54. The van der Waals surface area contributed by atoms with E-state index in [1.54, 1.807) is 13.2 Å². The fourth-order valence-electron chi connectivity index (χ4n) is 2.47. The minimum absolute atomic E-state index is 0.165. The lowest BCUT2D eigenvalue weighted by atomic mass is 9.95. The Kier molecular flexibility index (Phi) is 4.65. The smallest absolute Gasteiger partial charge is 0.124 e. The molecule has 0 saturated heterocycles. The van der Waals surface area contributed by atoms with Crippen LogP contribution in [0.15, 0.2) is 36.4 Å². The van der Waals surface area contributed by atoms with Crippen molar-refractivity contribution < 1.29 is 4.74 Å². The van der Waals surface area contributed by atoms with Crippen LogP contribution >= 0.6 is 11.6 Å². The molecule has 0 aliphatic rings. The van der Waals surface area contributed by atoms with Crippen LogP contribution in [0.2, 0.25) is 5.02 Å². The van der Waals surface area contributed by atoms with Crippen LogP contribution in [0.3, 0.4) is 0 Å². The highest BCUT2D eigenvalue weighted by Gasteiger charge is 2.18. The molecular formula is C16H19ClN2O. The average Bonchev–Trinajstić information content (AvgIpc) is 2.39. The predicted octanol–water partition coefficient (Wildman–Crippen LogP) is 3.52. The van der Waals surface area contributed by atoms with Gasteiger partial charge in [0.15, 0.2) is 0 Å². The van der Waals surface area contributed by atoms with Crippen molar-refractivity contribution in [3.63, 3.8) is 0 Å². The molecule has 0 amide bonds. The van der Waals surface area contributed by atoms with Crippen LogP contribution < -0.4 is 16.0 Å². The number of nitrogens with two attached hydrogens (primary N) is 1. The summed E-state index contributed by atoms with van der Waals surface area (Å²) < 4.78 is 5.41. The van der Waals surface area contributed by atoms with E-state index in [0.717, 1.165) is 16.9 Å². The molecule has 0 heterocycles. The summed E-state index contributed by atoms with van der Waals surface area (Å²) in [5.74, 6) is 6.52. The normalized spacial score (nSPS) is 12.2. The Labute approximate surface area is 124 Å². The third kappa shape index (κ3) is 3.12. The summed E-state index contributed by atoms with van der Waals surface area (Å²) in [4.78, 5) is 0. The summed E-state index contributed by atoms with van der Waals surface area (Å²) in [5.41, 5.74) is 7.26. The van der Waals surface area contributed by atoms with Crippen molar-refractivity contribution in [1.29, 1.82) is 0 Å². The molecule has 0 aromatic heterocycles. The quantitative estimate of drug-likeness (QED) is 0.669. The first-order valence-electron chi connectivity index (χ1n) is 6.43. The number of hydrogen-bond donors (Lipinski definition) is 2. The van der Waals surface area contributed by atoms with Gasteiger partial charge in [-0.15, -0.1) is 0 Å². The summed E-state index contributed by atoms with van der Waals surface area (Å²) in [7, 11) is 1.64. The van der Waals surface area contributed by atoms with Gasteiger partial charge in [-0.3, -0.25) is 5.84 Å². The van der Waals surface area contributed by atoms with Gasteiger partial charge in [-0.1, -0.05) is 40.9 Å². The van der Waals surface area contributed by atoms with Crippen LogP contribution in [-0.4, -0.2) is 7.11 Å². The number of methoxy groups -OCH3 is 1. The van der Waals surface area contributed by atoms with Crippen molar-refractivity contribution in [2.24, 2.45) is 5.84 Å². The molecule has 0 radical (unpaired) electrons. The molecule has 2 aromatic carbocycles. The first-order valence-corrected chi connectivity index (χ1v) is 6.80. The summed E-state index contributed by atoms with van der Waals surface area (Å²) >= 11 is 6.10. The van der Waals surface area contributed by atoms with Crippen molar-refractivity contribution >= 4 is 11.6 Å². The second-order valence-corrected chi connectivity index (χ2v) is 5.34. The zero-order valence-electron chi connectivity index (χ0n) is 11.9. The van der Waals surface area contributed by atoms with Gasteiger partial charge in [-0.25, -0.2) is 5.43 Å². The second-order valence-electron chi connectivity index (χ2n) is 4.91. The largest absolute Gasteiger partial charge is 0.496 e. The van der Waals surface area contributed by atoms with Crippen LogP contribution in [0.25, 0.3) is 0 Å². The number of rotatable bonds is 4. The zero-order chi connectivity index (χ0) is 14.7. The van der Waals surface area contributed by atoms with E-state index < -0.39 is 0 Å². The molecule has 1 atom stereocenters. The van der Waals surface area contributed by atoms with Crippen LogP contribution in [0.1, 0.15) is 28.3 Å². The molecule has 4 heteroatoms. The Hall–Kier alpha value is -1.55. The standard InChI is InChI=1S/C16H19ClN2O/c1-10-6-11(2)8-12(7-10)16(19-18)14-9-13(17)4-5-15(14)20-3/h4-9,16,19H,18H2,1-3H3. The lowest BCUT2D eigenvalue weighted by molar-refractivity contribution is 0.404. The number of halogens is 1. The zero-order valence-corrected chi connectivity index (χ0v) is 12.7. The minimum atomic E-state index is -0.165. The van der Waals surface area contributed by atoms with Crippen molar-refractivity contribution in [3.8, 4) is 5.75 Å². The molecule has 0 fully saturated rings. The van der Waals surface area contributed by atoms with Crippen LogP contribution in [0, 0.1) is 13.8 Å². The highest BCUT2D eigenvalue weighted by atomic mass is 35.5. The molecule has 20 heavy (non-hydrogen) atoms. The van der Waals surface area contributed by atoms with Gasteiger partial charge in [0.1, 0.15) is 5.75 Å². The monoisotopic (exact) mass is 290 g/mol. The molecule has 2 rings (SSSR count). The van der Waals surface area contributed by atoms with E-state index in [1.807, 2.05) is 12.1 Å². The van der Waals surface area contributed by atoms with E-state index in [0.29, 0.717) is 5.02 Å². The minimum Gasteiger partial charge on any atom is -0.496 e. The van der Waals surface area contributed by atoms with E-state index in [-0.39, 0.29) is 6.04 Å². The van der Waals surface area contributed by atoms with Gasteiger partial charge >= 0.3 is 0 Å². The molecule has 2 aromatic rings. The van der Waals surface area contributed by atoms with Gasteiger partial charge in [0.05, 0.1) is 13.2 Å². The molecule has 0 spiro atoms. The highest BCUT2D eigenvalue weighted by molar-refractivity contribution is 6.30. The Morgan fingerprint density at radius 2 is 1.75 bits per heavy atom. The Morgan fingerprint density at radius 1 is 1.10 bits per heavy atom. The lowest BCUT2D eigenvalue weighted by Crippen LogP contribution is -2.29. The average molecular weight is 291 g/mol.